The smallest absolute Gasteiger partial charge is 0.225 e. The van der Waals surface area contributed by atoms with E-state index in [4.69, 9.17) is 4.74 Å². The third-order valence-corrected chi connectivity index (χ3v) is 7.74. The molecule has 0 aliphatic carbocycles. The largest absolute Gasteiger partial charge is 0.497 e. The topological polar surface area (TPSA) is 48.9 Å². The molecule has 2 aliphatic rings. The van der Waals surface area contributed by atoms with Crippen molar-refractivity contribution >= 4 is 38.8 Å². The SMILES string of the molecule is COc1ccc(N2CCN(C(=O)C3CCN(c4nccc5sc(C)cc45)CC3)CC2)cc1. The second-order valence-corrected chi connectivity index (χ2v) is 9.96. The summed E-state index contributed by atoms with van der Waals surface area (Å²) in [4.78, 5) is 26.0. The molecule has 5 rings (SSSR count). The number of carbonyl (C=O) groups is 1. The lowest BCUT2D eigenvalue weighted by Crippen LogP contribution is -2.51. The van der Waals surface area contributed by atoms with Gasteiger partial charge in [-0.05, 0) is 56.2 Å². The number of aryl methyl sites for hydroxylation is 1. The molecule has 3 aromatic rings. The van der Waals surface area contributed by atoms with E-state index in [1.165, 1.54) is 20.7 Å². The number of ether oxygens (including phenoxy) is 1. The summed E-state index contributed by atoms with van der Waals surface area (Å²) in [5.74, 6) is 2.40. The normalized spacial score (nSPS) is 17.8. The van der Waals surface area contributed by atoms with Crippen LogP contribution in [-0.2, 0) is 4.79 Å². The minimum Gasteiger partial charge on any atom is -0.497 e. The van der Waals surface area contributed by atoms with Crippen LogP contribution in [0.15, 0.2) is 42.6 Å². The lowest BCUT2D eigenvalue weighted by Gasteiger charge is -2.39. The molecular formula is C25H30N4O2S. The summed E-state index contributed by atoms with van der Waals surface area (Å²) in [7, 11) is 1.68. The summed E-state index contributed by atoms with van der Waals surface area (Å²) in [6.07, 6.45) is 3.71. The highest BCUT2D eigenvalue weighted by Crippen LogP contribution is 2.33. The molecule has 1 aromatic carbocycles. The fourth-order valence-electron chi connectivity index (χ4n) is 4.90. The highest BCUT2D eigenvalue weighted by atomic mass is 32.1. The van der Waals surface area contributed by atoms with Crippen molar-refractivity contribution in [3.05, 3.63) is 47.5 Å². The van der Waals surface area contributed by atoms with Crippen LogP contribution in [0.2, 0.25) is 0 Å². The van der Waals surface area contributed by atoms with E-state index in [0.29, 0.717) is 5.91 Å². The number of piperidine rings is 1. The van der Waals surface area contributed by atoms with Crippen LogP contribution in [0.1, 0.15) is 17.7 Å². The van der Waals surface area contributed by atoms with Gasteiger partial charge >= 0.3 is 0 Å². The van der Waals surface area contributed by atoms with Crippen LogP contribution in [0.25, 0.3) is 10.1 Å². The van der Waals surface area contributed by atoms with E-state index in [1.807, 2.05) is 29.7 Å². The third kappa shape index (κ3) is 4.13. The van der Waals surface area contributed by atoms with Gasteiger partial charge in [-0.15, -0.1) is 11.3 Å². The number of benzene rings is 1. The van der Waals surface area contributed by atoms with Crippen molar-refractivity contribution < 1.29 is 9.53 Å². The Labute approximate surface area is 193 Å². The molecule has 0 unspecified atom stereocenters. The summed E-state index contributed by atoms with van der Waals surface area (Å²) in [5, 5.41) is 1.24. The Kier molecular flexibility index (Phi) is 5.91. The van der Waals surface area contributed by atoms with Crippen LogP contribution < -0.4 is 14.5 Å². The molecule has 0 spiro atoms. The van der Waals surface area contributed by atoms with Gasteiger partial charge in [0, 0.05) is 72.0 Å². The zero-order valence-corrected chi connectivity index (χ0v) is 19.6. The van der Waals surface area contributed by atoms with Crippen molar-refractivity contribution in [2.75, 3.05) is 56.2 Å². The minimum atomic E-state index is 0.127. The van der Waals surface area contributed by atoms with Gasteiger partial charge in [-0.25, -0.2) is 4.98 Å². The Hall–Kier alpha value is -2.80. The highest BCUT2D eigenvalue weighted by Gasteiger charge is 2.31. The molecule has 2 saturated heterocycles. The molecule has 2 fully saturated rings. The molecule has 168 valence electrons. The number of hydrogen-bond donors (Lipinski definition) is 0. The Morgan fingerprint density at radius 2 is 1.72 bits per heavy atom. The summed E-state index contributed by atoms with van der Waals surface area (Å²) in [6.45, 7) is 7.26. The third-order valence-electron chi connectivity index (χ3n) is 6.72. The molecule has 4 heterocycles. The van der Waals surface area contributed by atoms with Gasteiger partial charge in [-0.2, -0.15) is 0 Å². The summed E-state index contributed by atoms with van der Waals surface area (Å²) in [5.41, 5.74) is 1.19. The summed E-state index contributed by atoms with van der Waals surface area (Å²) >= 11 is 1.82. The predicted octanol–water partition coefficient (Wildman–Crippen LogP) is 4.18. The fraction of sp³-hybridized carbons (Fsp3) is 0.440. The number of methoxy groups -OCH3 is 1. The van der Waals surface area contributed by atoms with Gasteiger partial charge < -0.3 is 19.4 Å². The number of fused-ring (bicyclic) bond motifs is 1. The van der Waals surface area contributed by atoms with E-state index in [2.05, 4.69) is 50.9 Å². The van der Waals surface area contributed by atoms with Crippen molar-refractivity contribution in [2.45, 2.75) is 19.8 Å². The number of anilines is 2. The number of pyridine rings is 1. The number of nitrogens with zero attached hydrogens (tertiary/aromatic N) is 4. The molecule has 2 aromatic heterocycles. The standard InChI is InChI=1S/C25H30N4O2S/c1-18-17-22-23(32-18)7-10-26-24(22)28-11-8-19(9-12-28)25(30)29-15-13-27(14-16-29)20-3-5-21(31-2)6-4-20/h3-7,10,17,19H,8-9,11-16H2,1-2H3. The number of aromatic nitrogens is 1. The van der Waals surface area contributed by atoms with Crippen molar-refractivity contribution in [1.82, 2.24) is 9.88 Å². The Balaban J connectivity index is 1.16. The molecule has 0 N–H and O–H groups in total. The molecule has 7 heteroatoms. The van der Waals surface area contributed by atoms with E-state index in [0.717, 1.165) is 63.7 Å². The highest BCUT2D eigenvalue weighted by molar-refractivity contribution is 7.19. The lowest BCUT2D eigenvalue weighted by atomic mass is 9.94. The molecule has 6 nitrogen and oxygen atoms in total. The maximum absolute atomic E-state index is 13.2. The predicted molar refractivity (Wildman–Crippen MR) is 131 cm³/mol. The van der Waals surface area contributed by atoms with Crippen LogP contribution in [0.3, 0.4) is 0 Å². The van der Waals surface area contributed by atoms with Gasteiger partial charge in [0.1, 0.15) is 11.6 Å². The van der Waals surface area contributed by atoms with E-state index in [9.17, 15) is 4.79 Å². The molecule has 0 saturated carbocycles. The van der Waals surface area contributed by atoms with Crippen LogP contribution >= 0.6 is 11.3 Å². The second kappa shape index (κ2) is 8.98. The second-order valence-electron chi connectivity index (χ2n) is 8.68. The molecule has 1 amide bonds. The van der Waals surface area contributed by atoms with Gasteiger partial charge in [0.2, 0.25) is 5.91 Å². The first kappa shape index (κ1) is 21.1. The van der Waals surface area contributed by atoms with Crippen molar-refractivity contribution in [3.63, 3.8) is 0 Å². The number of carbonyl (C=O) groups excluding carboxylic acids is 1. The average molecular weight is 451 g/mol. The lowest BCUT2D eigenvalue weighted by molar-refractivity contribution is -0.136. The fourth-order valence-corrected chi connectivity index (χ4v) is 5.82. The number of hydrogen-bond acceptors (Lipinski definition) is 6. The van der Waals surface area contributed by atoms with Gasteiger partial charge in [0.15, 0.2) is 0 Å². The van der Waals surface area contributed by atoms with Gasteiger partial charge in [0.05, 0.1) is 7.11 Å². The molecule has 0 radical (unpaired) electrons. The Morgan fingerprint density at radius 3 is 2.41 bits per heavy atom. The average Bonchev–Trinajstić information content (AvgIpc) is 3.24. The minimum absolute atomic E-state index is 0.127. The Morgan fingerprint density at radius 1 is 1.00 bits per heavy atom. The van der Waals surface area contributed by atoms with Gasteiger partial charge in [-0.3, -0.25) is 4.79 Å². The van der Waals surface area contributed by atoms with Crippen LogP contribution in [0.5, 0.6) is 5.75 Å². The molecule has 0 bridgehead atoms. The number of amides is 1. The monoisotopic (exact) mass is 450 g/mol. The first-order chi connectivity index (χ1) is 15.6. The molecule has 0 atom stereocenters. The number of thiophene rings is 1. The quantitative estimate of drug-likeness (QED) is 0.597. The van der Waals surface area contributed by atoms with Crippen LogP contribution in [0, 0.1) is 12.8 Å². The van der Waals surface area contributed by atoms with Crippen molar-refractivity contribution in [3.8, 4) is 5.75 Å². The van der Waals surface area contributed by atoms with Crippen LogP contribution in [-0.4, -0.2) is 62.2 Å². The zero-order valence-electron chi connectivity index (χ0n) is 18.8. The number of rotatable bonds is 4. The van der Waals surface area contributed by atoms with Gasteiger partial charge in [0.25, 0.3) is 0 Å². The zero-order chi connectivity index (χ0) is 22.1. The molecule has 32 heavy (non-hydrogen) atoms. The van der Waals surface area contributed by atoms with Crippen molar-refractivity contribution in [1.29, 1.82) is 0 Å². The first-order valence-corrected chi connectivity index (χ1v) is 12.2. The molecular weight excluding hydrogens is 420 g/mol. The summed E-state index contributed by atoms with van der Waals surface area (Å²) < 4.78 is 6.54. The van der Waals surface area contributed by atoms with Crippen molar-refractivity contribution in [2.24, 2.45) is 5.92 Å². The van der Waals surface area contributed by atoms with E-state index in [-0.39, 0.29) is 5.92 Å². The molecule has 2 aliphatic heterocycles. The first-order valence-electron chi connectivity index (χ1n) is 11.4. The van der Waals surface area contributed by atoms with Crippen LogP contribution in [0.4, 0.5) is 11.5 Å². The van der Waals surface area contributed by atoms with E-state index >= 15 is 0 Å². The van der Waals surface area contributed by atoms with E-state index in [1.54, 1.807) is 7.11 Å². The summed E-state index contributed by atoms with van der Waals surface area (Å²) in [6, 6.07) is 12.5. The Bertz CT molecular complexity index is 1080. The maximum Gasteiger partial charge on any atom is 0.225 e. The van der Waals surface area contributed by atoms with E-state index < -0.39 is 0 Å². The van der Waals surface area contributed by atoms with Gasteiger partial charge in [-0.1, -0.05) is 0 Å². The number of piperazine rings is 1. The maximum atomic E-state index is 13.2.